The van der Waals surface area contributed by atoms with Crippen molar-refractivity contribution in [2.45, 2.75) is 25.9 Å². The molecule has 1 unspecified atom stereocenters. The van der Waals surface area contributed by atoms with Crippen LogP contribution in [0.15, 0.2) is 12.1 Å². The van der Waals surface area contributed by atoms with E-state index in [-0.39, 0.29) is 6.10 Å². The number of likely N-dealkylation sites (N-methyl/N-ethyl adjacent to an activating group) is 1. The average Bonchev–Trinajstić information content (AvgIpc) is 2.41. The highest BCUT2D eigenvalue weighted by Gasteiger charge is 2.16. The Morgan fingerprint density at radius 3 is 2.94 bits per heavy atom. The summed E-state index contributed by atoms with van der Waals surface area (Å²) in [6.45, 7) is 5.64. The number of hydrogen-bond acceptors (Lipinski definition) is 5. The van der Waals surface area contributed by atoms with Crippen LogP contribution >= 0.6 is 0 Å². The summed E-state index contributed by atoms with van der Waals surface area (Å²) < 4.78 is 5.68. The van der Waals surface area contributed by atoms with E-state index in [4.69, 9.17) is 4.74 Å². The molecule has 1 aromatic heterocycles. The number of morpholine rings is 1. The number of nitrogens with one attached hydrogen (secondary N) is 1. The minimum Gasteiger partial charge on any atom is -0.374 e. The van der Waals surface area contributed by atoms with Crippen molar-refractivity contribution in [2.75, 3.05) is 38.2 Å². The molecule has 0 bridgehead atoms. The fourth-order valence-electron chi connectivity index (χ4n) is 2.08. The van der Waals surface area contributed by atoms with Crippen molar-refractivity contribution in [1.82, 2.24) is 15.5 Å². The number of ether oxygens (including phenoxy) is 1. The predicted octanol–water partition coefficient (Wildman–Crippen LogP) is 0.854. The van der Waals surface area contributed by atoms with Crippen LogP contribution in [0.4, 0.5) is 5.82 Å². The van der Waals surface area contributed by atoms with Gasteiger partial charge in [0.25, 0.3) is 0 Å². The van der Waals surface area contributed by atoms with Crippen molar-refractivity contribution in [1.29, 1.82) is 0 Å². The fourth-order valence-corrected chi connectivity index (χ4v) is 2.08. The van der Waals surface area contributed by atoms with E-state index >= 15 is 0 Å². The van der Waals surface area contributed by atoms with E-state index in [0.717, 1.165) is 50.6 Å². The first-order valence-electron chi connectivity index (χ1n) is 6.65. The lowest BCUT2D eigenvalue weighted by atomic mass is 10.2. The summed E-state index contributed by atoms with van der Waals surface area (Å²) >= 11 is 0. The predicted molar refractivity (Wildman–Crippen MR) is 71.9 cm³/mol. The zero-order valence-electron chi connectivity index (χ0n) is 11.2. The van der Waals surface area contributed by atoms with Gasteiger partial charge in [0.2, 0.25) is 0 Å². The molecule has 1 aliphatic heterocycles. The van der Waals surface area contributed by atoms with Crippen LogP contribution in [-0.2, 0) is 11.2 Å². The Kier molecular flexibility index (Phi) is 4.90. The molecule has 0 aromatic carbocycles. The van der Waals surface area contributed by atoms with Crippen molar-refractivity contribution in [3.63, 3.8) is 0 Å². The lowest BCUT2D eigenvalue weighted by Crippen LogP contribution is -2.44. The van der Waals surface area contributed by atoms with E-state index < -0.39 is 0 Å². The van der Waals surface area contributed by atoms with Crippen molar-refractivity contribution < 1.29 is 4.74 Å². The molecule has 2 rings (SSSR count). The van der Waals surface area contributed by atoms with Gasteiger partial charge in [0.15, 0.2) is 5.82 Å². The van der Waals surface area contributed by atoms with E-state index in [1.54, 1.807) is 0 Å². The van der Waals surface area contributed by atoms with Gasteiger partial charge >= 0.3 is 0 Å². The summed E-state index contributed by atoms with van der Waals surface area (Å²) in [5.74, 6) is 0.907. The summed E-state index contributed by atoms with van der Waals surface area (Å²) in [7, 11) is 2.03. The van der Waals surface area contributed by atoms with Crippen molar-refractivity contribution >= 4 is 5.82 Å². The van der Waals surface area contributed by atoms with Crippen LogP contribution in [0.1, 0.15) is 19.0 Å². The van der Waals surface area contributed by atoms with Gasteiger partial charge in [-0.1, -0.05) is 13.3 Å². The van der Waals surface area contributed by atoms with E-state index in [2.05, 4.69) is 33.4 Å². The summed E-state index contributed by atoms with van der Waals surface area (Å²) in [6.07, 6.45) is 2.33. The number of hydrogen-bond donors (Lipinski definition) is 1. The smallest absolute Gasteiger partial charge is 0.151 e. The first-order valence-corrected chi connectivity index (χ1v) is 6.65. The topological polar surface area (TPSA) is 50.3 Å². The third kappa shape index (κ3) is 3.65. The molecule has 1 N–H and O–H groups in total. The first kappa shape index (κ1) is 13.2. The van der Waals surface area contributed by atoms with Gasteiger partial charge in [0.1, 0.15) is 0 Å². The number of rotatable bonds is 5. The van der Waals surface area contributed by atoms with Gasteiger partial charge in [-0.2, -0.15) is 5.10 Å². The maximum Gasteiger partial charge on any atom is 0.151 e. The van der Waals surface area contributed by atoms with Crippen LogP contribution in [0.5, 0.6) is 0 Å². The highest BCUT2D eigenvalue weighted by Crippen LogP contribution is 2.10. The molecular weight excluding hydrogens is 228 g/mol. The Morgan fingerprint density at radius 2 is 2.33 bits per heavy atom. The third-order valence-corrected chi connectivity index (χ3v) is 3.08. The molecule has 0 amide bonds. The van der Waals surface area contributed by atoms with E-state index in [0.29, 0.717) is 0 Å². The largest absolute Gasteiger partial charge is 0.374 e. The Labute approximate surface area is 109 Å². The van der Waals surface area contributed by atoms with Gasteiger partial charge in [-0.3, -0.25) is 0 Å². The van der Waals surface area contributed by atoms with Gasteiger partial charge in [0.05, 0.1) is 18.4 Å². The van der Waals surface area contributed by atoms with Crippen LogP contribution < -0.4 is 10.2 Å². The molecule has 5 nitrogen and oxygen atoms in total. The number of anilines is 1. The molecule has 18 heavy (non-hydrogen) atoms. The number of nitrogens with zero attached hydrogens (tertiary/aromatic N) is 3. The standard InChI is InChI=1S/C13H22N4O/c1-3-4-11-5-6-13(16-15-11)17(2)10-12-9-14-7-8-18-12/h5-6,12,14H,3-4,7-10H2,1-2H3. The molecule has 5 heteroatoms. The molecule has 100 valence electrons. The molecule has 0 spiro atoms. The van der Waals surface area contributed by atoms with Crippen LogP contribution in [0.2, 0.25) is 0 Å². The summed E-state index contributed by atoms with van der Waals surface area (Å²) in [5, 5.41) is 11.8. The number of aromatic nitrogens is 2. The maximum absolute atomic E-state index is 5.68. The Balaban J connectivity index is 1.89. The molecule has 1 aliphatic rings. The van der Waals surface area contributed by atoms with E-state index in [1.807, 2.05) is 13.1 Å². The zero-order chi connectivity index (χ0) is 12.8. The molecule has 1 fully saturated rings. The molecule has 1 aromatic rings. The maximum atomic E-state index is 5.68. The average molecular weight is 250 g/mol. The highest BCUT2D eigenvalue weighted by atomic mass is 16.5. The van der Waals surface area contributed by atoms with Crippen molar-refractivity contribution in [3.05, 3.63) is 17.8 Å². The monoisotopic (exact) mass is 250 g/mol. The molecular formula is C13H22N4O. The molecule has 0 radical (unpaired) electrons. The second kappa shape index (κ2) is 6.66. The second-order valence-electron chi connectivity index (χ2n) is 4.71. The minimum atomic E-state index is 0.237. The zero-order valence-corrected chi connectivity index (χ0v) is 11.2. The summed E-state index contributed by atoms with van der Waals surface area (Å²) in [6, 6.07) is 4.09. The lowest BCUT2D eigenvalue weighted by molar-refractivity contribution is 0.0339. The minimum absolute atomic E-state index is 0.237. The molecule has 0 aliphatic carbocycles. The van der Waals surface area contributed by atoms with Gasteiger partial charge < -0.3 is 15.0 Å². The van der Waals surface area contributed by atoms with E-state index in [1.165, 1.54) is 0 Å². The second-order valence-corrected chi connectivity index (χ2v) is 4.71. The molecule has 0 saturated carbocycles. The highest BCUT2D eigenvalue weighted by molar-refractivity contribution is 5.36. The SMILES string of the molecule is CCCc1ccc(N(C)CC2CNCCO2)nn1. The fraction of sp³-hybridized carbons (Fsp3) is 0.692. The van der Waals surface area contributed by atoms with Crippen LogP contribution in [0.25, 0.3) is 0 Å². The quantitative estimate of drug-likeness (QED) is 0.840. The Hall–Kier alpha value is -1.20. The van der Waals surface area contributed by atoms with Gasteiger partial charge in [-0.05, 0) is 18.6 Å². The van der Waals surface area contributed by atoms with Crippen LogP contribution in [-0.4, -0.2) is 49.6 Å². The summed E-state index contributed by atoms with van der Waals surface area (Å²) in [5.41, 5.74) is 1.06. The van der Waals surface area contributed by atoms with Gasteiger partial charge in [-0.25, -0.2) is 0 Å². The van der Waals surface area contributed by atoms with Crippen molar-refractivity contribution in [2.24, 2.45) is 0 Å². The van der Waals surface area contributed by atoms with E-state index in [9.17, 15) is 0 Å². The lowest BCUT2D eigenvalue weighted by Gasteiger charge is -2.28. The van der Waals surface area contributed by atoms with Gasteiger partial charge in [-0.15, -0.1) is 5.10 Å². The number of aryl methyl sites for hydroxylation is 1. The third-order valence-electron chi connectivity index (χ3n) is 3.08. The Morgan fingerprint density at radius 1 is 1.44 bits per heavy atom. The van der Waals surface area contributed by atoms with Crippen molar-refractivity contribution in [3.8, 4) is 0 Å². The molecule has 1 saturated heterocycles. The van der Waals surface area contributed by atoms with Crippen LogP contribution in [0.3, 0.4) is 0 Å². The Bertz CT molecular complexity index is 349. The van der Waals surface area contributed by atoms with Gasteiger partial charge in [0, 0.05) is 26.7 Å². The normalized spacial score (nSPS) is 19.8. The summed E-state index contributed by atoms with van der Waals surface area (Å²) in [4.78, 5) is 2.10. The molecule has 2 heterocycles. The first-order chi connectivity index (χ1) is 8.79. The van der Waals surface area contributed by atoms with Crippen LogP contribution in [0, 0.1) is 0 Å². The molecule has 1 atom stereocenters.